The molecule has 0 saturated carbocycles. The van der Waals surface area contributed by atoms with E-state index in [1.807, 2.05) is 13.8 Å². The van der Waals surface area contributed by atoms with E-state index < -0.39 is 36.2 Å². The highest BCUT2D eigenvalue weighted by atomic mass is 79.9. The summed E-state index contributed by atoms with van der Waals surface area (Å²) >= 11 is 9.27. The van der Waals surface area contributed by atoms with Gasteiger partial charge in [0.25, 0.3) is 11.8 Å². The highest BCUT2D eigenvalue weighted by Gasteiger charge is 2.36. The fourth-order valence-corrected chi connectivity index (χ4v) is 3.59. The van der Waals surface area contributed by atoms with Crippen molar-refractivity contribution < 1.29 is 23.9 Å². The number of amides is 3. The van der Waals surface area contributed by atoms with Crippen LogP contribution in [0.4, 0.5) is 5.69 Å². The summed E-state index contributed by atoms with van der Waals surface area (Å²) in [5.74, 6) is -2.86. The van der Waals surface area contributed by atoms with Gasteiger partial charge in [0.15, 0.2) is 6.61 Å². The van der Waals surface area contributed by atoms with Crippen molar-refractivity contribution in [2.75, 3.05) is 18.5 Å². The van der Waals surface area contributed by atoms with Crippen LogP contribution in [-0.4, -0.2) is 41.9 Å². The van der Waals surface area contributed by atoms with Crippen molar-refractivity contribution >= 4 is 56.9 Å². The fraction of sp³-hybridized carbons (Fsp3) is 0.273. The summed E-state index contributed by atoms with van der Waals surface area (Å²) in [6.45, 7) is 3.29. The van der Waals surface area contributed by atoms with Crippen LogP contribution in [0.1, 0.15) is 27.9 Å². The molecular weight excluding hydrogens is 502 g/mol. The van der Waals surface area contributed by atoms with Crippen molar-refractivity contribution in [1.29, 1.82) is 0 Å². The predicted molar refractivity (Wildman–Crippen MR) is 122 cm³/mol. The Balaban J connectivity index is 1.49. The maximum Gasteiger partial charge on any atom is 0.311 e. The molecule has 1 aliphatic rings. The highest BCUT2D eigenvalue weighted by Crippen LogP contribution is 2.25. The molecule has 168 valence electrons. The first-order valence-corrected chi connectivity index (χ1v) is 10.9. The molecule has 1 fully saturated rings. The lowest BCUT2D eigenvalue weighted by Crippen LogP contribution is -2.43. The van der Waals surface area contributed by atoms with Gasteiger partial charge >= 0.3 is 5.97 Å². The molecule has 8 nitrogen and oxygen atoms in total. The maximum absolute atomic E-state index is 12.3. The third-order valence-electron chi connectivity index (χ3n) is 4.87. The van der Waals surface area contributed by atoms with Gasteiger partial charge in [-0.3, -0.25) is 29.6 Å². The minimum absolute atomic E-state index is 0.0380. The van der Waals surface area contributed by atoms with E-state index in [2.05, 4.69) is 26.7 Å². The Kier molecular flexibility index (Phi) is 7.52. The van der Waals surface area contributed by atoms with Crippen molar-refractivity contribution in [3.05, 3.63) is 62.6 Å². The molecule has 0 unspecified atom stereocenters. The van der Waals surface area contributed by atoms with Crippen LogP contribution in [0.15, 0.2) is 40.9 Å². The molecule has 2 aromatic carbocycles. The molecule has 1 atom stereocenters. The number of esters is 1. The number of carbonyl (C=O) groups is 4. The average molecular weight is 523 g/mol. The molecule has 3 amide bonds. The number of nitrogens with zero attached hydrogens (tertiary/aromatic N) is 1. The number of ether oxygens (including phenoxy) is 1. The largest absolute Gasteiger partial charge is 0.455 e. The molecule has 1 heterocycles. The van der Waals surface area contributed by atoms with E-state index in [4.69, 9.17) is 16.3 Å². The Labute approximate surface area is 198 Å². The van der Waals surface area contributed by atoms with E-state index in [1.54, 1.807) is 24.3 Å². The summed E-state index contributed by atoms with van der Waals surface area (Å²) < 4.78 is 6.04. The lowest BCUT2D eigenvalue weighted by Gasteiger charge is -2.17. The third kappa shape index (κ3) is 5.86. The van der Waals surface area contributed by atoms with Crippen molar-refractivity contribution in [3.8, 4) is 0 Å². The Hall–Kier alpha value is -2.91. The molecule has 32 heavy (non-hydrogen) atoms. The molecule has 0 aliphatic carbocycles. The molecular formula is C22H21BrClN3O5. The number of halogens is 2. The van der Waals surface area contributed by atoms with Crippen LogP contribution < -0.4 is 10.7 Å². The van der Waals surface area contributed by atoms with Gasteiger partial charge in [-0.1, -0.05) is 27.5 Å². The van der Waals surface area contributed by atoms with Crippen LogP contribution in [0, 0.1) is 19.8 Å². The lowest BCUT2D eigenvalue weighted by atomic mass is 10.1. The number of anilines is 1. The van der Waals surface area contributed by atoms with Crippen molar-refractivity contribution in [2.24, 2.45) is 5.92 Å². The first-order chi connectivity index (χ1) is 15.1. The molecule has 0 aromatic heterocycles. The monoisotopic (exact) mass is 521 g/mol. The molecule has 0 radical (unpaired) electrons. The van der Waals surface area contributed by atoms with Crippen molar-refractivity contribution in [2.45, 2.75) is 20.3 Å². The van der Waals surface area contributed by atoms with Crippen molar-refractivity contribution in [3.63, 3.8) is 0 Å². The van der Waals surface area contributed by atoms with Crippen LogP contribution in [0.5, 0.6) is 0 Å². The predicted octanol–water partition coefficient (Wildman–Crippen LogP) is 3.39. The van der Waals surface area contributed by atoms with Crippen molar-refractivity contribution in [1.82, 2.24) is 10.4 Å². The van der Waals surface area contributed by atoms with Crippen LogP contribution in [0.2, 0.25) is 5.02 Å². The van der Waals surface area contributed by atoms with Gasteiger partial charge in [0.05, 0.1) is 12.5 Å². The normalized spacial score (nSPS) is 15.4. The number of benzene rings is 2. The SMILES string of the molecule is Cc1cc(NC(=O)COC(=O)[C@H]2CC(=O)N(NC(=O)c3ccc(Cl)cc3)C2)cc(C)c1Br. The Morgan fingerprint density at radius 2 is 1.78 bits per heavy atom. The second-order valence-corrected chi connectivity index (χ2v) is 8.66. The number of carbonyl (C=O) groups excluding carboxylic acids is 4. The summed E-state index contributed by atoms with van der Waals surface area (Å²) in [6.07, 6.45) is -0.119. The Bertz CT molecular complexity index is 1050. The summed E-state index contributed by atoms with van der Waals surface area (Å²) in [7, 11) is 0. The van der Waals surface area contributed by atoms with E-state index in [0.29, 0.717) is 16.3 Å². The molecule has 2 aromatic rings. The molecule has 2 N–H and O–H groups in total. The molecule has 0 spiro atoms. The fourth-order valence-electron chi connectivity index (χ4n) is 3.23. The zero-order valence-corrected chi connectivity index (χ0v) is 19.7. The number of aryl methyl sites for hydroxylation is 2. The summed E-state index contributed by atoms with van der Waals surface area (Å²) in [5.41, 5.74) is 5.31. The third-order valence-corrected chi connectivity index (χ3v) is 6.37. The van der Waals surface area contributed by atoms with Gasteiger partial charge in [-0.15, -0.1) is 0 Å². The summed E-state index contributed by atoms with van der Waals surface area (Å²) in [4.78, 5) is 48.9. The van der Waals surface area contributed by atoms with E-state index in [9.17, 15) is 19.2 Å². The number of rotatable bonds is 6. The van der Waals surface area contributed by atoms with Crippen LogP contribution >= 0.6 is 27.5 Å². The molecule has 3 rings (SSSR count). The summed E-state index contributed by atoms with van der Waals surface area (Å²) in [5, 5.41) is 4.24. The smallest absolute Gasteiger partial charge is 0.311 e. The van der Waals surface area contributed by atoms with Gasteiger partial charge in [-0.25, -0.2) is 0 Å². The second-order valence-electron chi connectivity index (χ2n) is 7.43. The van der Waals surface area contributed by atoms with E-state index in [0.717, 1.165) is 20.6 Å². The quantitative estimate of drug-likeness (QED) is 0.566. The van der Waals surface area contributed by atoms with Crippen LogP contribution in [-0.2, 0) is 19.1 Å². The van der Waals surface area contributed by atoms with E-state index in [-0.39, 0.29) is 13.0 Å². The minimum Gasteiger partial charge on any atom is -0.455 e. The van der Waals surface area contributed by atoms with Gasteiger partial charge in [0, 0.05) is 27.2 Å². The lowest BCUT2D eigenvalue weighted by molar-refractivity contribution is -0.151. The highest BCUT2D eigenvalue weighted by molar-refractivity contribution is 9.10. The zero-order valence-electron chi connectivity index (χ0n) is 17.4. The number of nitrogens with one attached hydrogen (secondary N) is 2. The number of hydrogen-bond acceptors (Lipinski definition) is 5. The van der Waals surface area contributed by atoms with Gasteiger partial charge < -0.3 is 10.1 Å². The second kappa shape index (κ2) is 10.1. The Morgan fingerprint density at radius 1 is 1.16 bits per heavy atom. The molecule has 1 saturated heterocycles. The molecule has 0 bridgehead atoms. The number of hydrogen-bond donors (Lipinski definition) is 2. The molecule has 10 heteroatoms. The van der Waals surface area contributed by atoms with Crippen LogP contribution in [0.3, 0.4) is 0 Å². The van der Waals surface area contributed by atoms with Gasteiger partial charge in [0.1, 0.15) is 0 Å². The number of hydrazine groups is 1. The standard InChI is InChI=1S/C22H21BrClN3O5/c1-12-7-17(8-13(2)20(12)23)25-18(28)11-32-22(31)15-9-19(29)27(10-15)26-21(30)14-3-5-16(24)6-4-14/h3-8,15H,9-11H2,1-2H3,(H,25,28)(H,26,30)/t15-/m0/s1. The van der Waals surface area contributed by atoms with Crippen LogP contribution in [0.25, 0.3) is 0 Å². The topological polar surface area (TPSA) is 105 Å². The molecule has 1 aliphatic heterocycles. The van der Waals surface area contributed by atoms with Gasteiger partial charge in [0.2, 0.25) is 5.91 Å². The van der Waals surface area contributed by atoms with E-state index >= 15 is 0 Å². The zero-order chi connectivity index (χ0) is 23.4. The maximum atomic E-state index is 12.3. The minimum atomic E-state index is -0.780. The average Bonchev–Trinajstić information content (AvgIpc) is 3.11. The summed E-state index contributed by atoms with van der Waals surface area (Å²) in [6, 6.07) is 9.77. The Morgan fingerprint density at radius 3 is 2.41 bits per heavy atom. The van der Waals surface area contributed by atoms with Gasteiger partial charge in [-0.2, -0.15) is 0 Å². The first-order valence-electron chi connectivity index (χ1n) is 9.74. The van der Waals surface area contributed by atoms with E-state index in [1.165, 1.54) is 12.1 Å². The first kappa shape index (κ1) is 23.7. The van der Waals surface area contributed by atoms with Gasteiger partial charge in [-0.05, 0) is 61.4 Å².